The van der Waals surface area contributed by atoms with Crippen LogP contribution >= 0.6 is 11.8 Å². The first-order valence-electron chi connectivity index (χ1n) is 12.1. The number of amides is 1. The van der Waals surface area contributed by atoms with Crippen LogP contribution in [0, 0.1) is 6.92 Å². The number of fused-ring (bicyclic) bond motifs is 1. The average Bonchev–Trinajstić information content (AvgIpc) is 2.94. The monoisotopic (exact) mass is 531 g/mol. The number of carbonyl (C=O) groups excluding carboxylic acids is 2. The first kappa shape index (κ1) is 27.1. The lowest BCUT2D eigenvalue weighted by atomic mass is 10.1. The summed E-state index contributed by atoms with van der Waals surface area (Å²) in [5.74, 6) is 0.382. The molecule has 0 aliphatic rings. The van der Waals surface area contributed by atoms with Gasteiger partial charge in [0.1, 0.15) is 5.75 Å². The van der Waals surface area contributed by atoms with Gasteiger partial charge in [-0.1, -0.05) is 41.6 Å². The number of ketones is 1. The van der Waals surface area contributed by atoms with Gasteiger partial charge in [0.25, 0.3) is 11.5 Å². The molecule has 0 radical (unpaired) electrons. The summed E-state index contributed by atoms with van der Waals surface area (Å²) in [4.78, 5) is 43.8. The molecule has 1 N–H and O–H groups in total. The highest BCUT2D eigenvalue weighted by atomic mass is 32.2. The summed E-state index contributed by atoms with van der Waals surface area (Å²) < 4.78 is 11.7. The molecular formula is C29H29N3O5S. The quantitative estimate of drug-likeness (QED) is 0.135. The molecular weight excluding hydrogens is 502 g/mol. The van der Waals surface area contributed by atoms with Gasteiger partial charge in [0.2, 0.25) is 0 Å². The Hall–Kier alpha value is -3.95. The number of methoxy groups -OCH3 is 2. The molecule has 0 aliphatic heterocycles. The molecule has 0 unspecified atom stereocenters. The number of aryl methyl sites for hydroxylation is 1. The second kappa shape index (κ2) is 12.5. The zero-order valence-corrected chi connectivity index (χ0v) is 22.3. The van der Waals surface area contributed by atoms with Crippen LogP contribution in [0.1, 0.15) is 31.8 Å². The van der Waals surface area contributed by atoms with Crippen LogP contribution in [0.2, 0.25) is 0 Å². The van der Waals surface area contributed by atoms with E-state index in [1.54, 1.807) is 61.3 Å². The van der Waals surface area contributed by atoms with Crippen LogP contribution in [0.15, 0.2) is 76.7 Å². The van der Waals surface area contributed by atoms with Crippen LogP contribution in [-0.4, -0.2) is 54.4 Å². The van der Waals surface area contributed by atoms with E-state index in [9.17, 15) is 14.4 Å². The van der Waals surface area contributed by atoms with Crippen molar-refractivity contribution in [1.82, 2.24) is 14.9 Å². The van der Waals surface area contributed by atoms with Crippen molar-refractivity contribution < 1.29 is 19.1 Å². The molecule has 0 saturated carbocycles. The molecule has 0 bridgehead atoms. The number of carbonyl (C=O) groups is 2. The molecule has 4 rings (SSSR count). The molecule has 0 saturated heterocycles. The highest BCUT2D eigenvalue weighted by molar-refractivity contribution is 7.99. The molecule has 4 aromatic rings. The third-order valence-electron chi connectivity index (χ3n) is 5.98. The molecule has 0 atom stereocenters. The van der Waals surface area contributed by atoms with Crippen LogP contribution in [0.25, 0.3) is 10.9 Å². The van der Waals surface area contributed by atoms with Crippen molar-refractivity contribution in [2.75, 3.05) is 33.1 Å². The summed E-state index contributed by atoms with van der Waals surface area (Å²) in [6.07, 6.45) is 0. The number of hydrogen-bond donors (Lipinski definition) is 1. The Balaban J connectivity index is 1.68. The number of rotatable bonds is 11. The third kappa shape index (κ3) is 6.48. The zero-order valence-electron chi connectivity index (χ0n) is 21.5. The minimum atomic E-state index is -0.279. The highest BCUT2D eigenvalue weighted by Crippen LogP contribution is 2.22. The first-order chi connectivity index (χ1) is 18.4. The summed E-state index contributed by atoms with van der Waals surface area (Å²) in [5, 5.41) is 3.58. The maximum Gasteiger partial charge on any atom is 0.262 e. The Morgan fingerprint density at radius 1 is 0.974 bits per heavy atom. The van der Waals surface area contributed by atoms with Gasteiger partial charge in [-0.2, -0.15) is 0 Å². The second-order valence-electron chi connectivity index (χ2n) is 8.69. The lowest BCUT2D eigenvalue weighted by Crippen LogP contribution is -2.27. The summed E-state index contributed by atoms with van der Waals surface area (Å²) in [6, 6.07) is 19.6. The number of benzene rings is 3. The van der Waals surface area contributed by atoms with Gasteiger partial charge < -0.3 is 14.8 Å². The van der Waals surface area contributed by atoms with Crippen molar-refractivity contribution >= 4 is 34.4 Å². The normalized spacial score (nSPS) is 10.9. The summed E-state index contributed by atoms with van der Waals surface area (Å²) in [7, 11) is 3.13. The van der Waals surface area contributed by atoms with Gasteiger partial charge in [-0.05, 0) is 55.0 Å². The predicted molar refractivity (Wildman–Crippen MR) is 149 cm³/mol. The SMILES string of the molecule is COCCNC(=O)c1ccc2c(=O)n(Cc3ccc(C)cc3)c(SCC(=O)c3ccc(OC)cc3)nc2c1. The molecule has 0 fully saturated rings. The maximum atomic E-state index is 13.6. The molecule has 1 aromatic heterocycles. The van der Waals surface area contributed by atoms with E-state index in [0.717, 1.165) is 11.1 Å². The van der Waals surface area contributed by atoms with Crippen LogP contribution in [0.3, 0.4) is 0 Å². The first-order valence-corrected chi connectivity index (χ1v) is 13.1. The lowest BCUT2D eigenvalue weighted by molar-refractivity contribution is 0.0936. The fourth-order valence-corrected chi connectivity index (χ4v) is 4.72. The Morgan fingerprint density at radius 2 is 1.68 bits per heavy atom. The van der Waals surface area contributed by atoms with Gasteiger partial charge in [0, 0.05) is 24.8 Å². The van der Waals surface area contributed by atoms with Gasteiger partial charge in [0.05, 0.1) is 36.9 Å². The Bertz CT molecular complexity index is 1500. The van der Waals surface area contributed by atoms with Crippen molar-refractivity contribution in [3.8, 4) is 5.75 Å². The van der Waals surface area contributed by atoms with Gasteiger partial charge in [0.15, 0.2) is 10.9 Å². The van der Waals surface area contributed by atoms with Crippen LogP contribution in [-0.2, 0) is 11.3 Å². The number of hydrogen-bond acceptors (Lipinski definition) is 7. The summed E-state index contributed by atoms with van der Waals surface area (Å²) in [6.45, 7) is 3.07. The predicted octanol–water partition coefficient (Wildman–Crippen LogP) is 4.11. The van der Waals surface area contributed by atoms with Crippen molar-refractivity contribution in [3.05, 3.63) is 99.3 Å². The minimum Gasteiger partial charge on any atom is -0.497 e. The zero-order chi connectivity index (χ0) is 27.1. The average molecular weight is 532 g/mol. The van der Waals surface area contributed by atoms with Crippen molar-refractivity contribution in [2.45, 2.75) is 18.6 Å². The molecule has 0 spiro atoms. The highest BCUT2D eigenvalue weighted by Gasteiger charge is 2.16. The Morgan fingerprint density at radius 3 is 2.37 bits per heavy atom. The standard InChI is InChI=1S/C29H29N3O5S/c1-19-4-6-20(7-5-19)17-32-28(35)24-13-10-22(27(34)30-14-15-36-2)16-25(24)31-29(32)38-18-26(33)21-8-11-23(37-3)12-9-21/h4-13,16H,14-15,17-18H2,1-3H3,(H,30,34). The van der Waals surface area contributed by atoms with Crippen molar-refractivity contribution in [2.24, 2.45) is 0 Å². The summed E-state index contributed by atoms with van der Waals surface area (Å²) in [5.41, 5.74) is 3.16. The number of ether oxygens (including phenoxy) is 2. The fraction of sp³-hybridized carbons (Fsp3) is 0.241. The molecule has 9 heteroatoms. The van der Waals surface area contributed by atoms with Gasteiger partial charge in [-0.25, -0.2) is 4.98 Å². The van der Waals surface area contributed by atoms with E-state index in [-0.39, 0.29) is 23.0 Å². The Labute approximate surface area is 225 Å². The third-order valence-corrected chi connectivity index (χ3v) is 6.96. The van der Waals surface area contributed by atoms with E-state index in [2.05, 4.69) is 5.32 Å². The van der Waals surface area contributed by atoms with E-state index in [4.69, 9.17) is 14.5 Å². The Kier molecular flexibility index (Phi) is 8.93. The number of nitrogens with zero attached hydrogens (tertiary/aromatic N) is 2. The molecule has 0 aliphatic carbocycles. The molecule has 196 valence electrons. The smallest absolute Gasteiger partial charge is 0.262 e. The van der Waals surface area contributed by atoms with Crippen molar-refractivity contribution in [3.63, 3.8) is 0 Å². The largest absolute Gasteiger partial charge is 0.497 e. The van der Waals surface area contributed by atoms with Gasteiger partial charge in [-0.3, -0.25) is 19.0 Å². The topological polar surface area (TPSA) is 99.5 Å². The maximum absolute atomic E-state index is 13.6. The molecule has 1 amide bonds. The number of Topliss-reactive ketones (excluding diaryl/α,β-unsaturated/α-hetero) is 1. The lowest BCUT2D eigenvalue weighted by Gasteiger charge is -2.14. The van der Waals surface area contributed by atoms with E-state index >= 15 is 0 Å². The molecule has 38 heavy (non-hydrogen) atoms. The fourth-order valence-electron chi connectivity index (χ4n) is 3.83. The van der Waals surface area contributed by atoms with Gasteiger partial charge in [-0.15, -0.1) is 0 Å². The van der Waals surface area contributed by atoms with Crippen molar-refractivity contribution in [1.29, 1.82) is 0 Å². The van der Waals surface area contributed by atoms with E-state index in [0.29, 0.717) is 52.6 Å². The van der Waals surface area contributed by atoms with E-state index in [1.165, 1.54) is 11.8 Å². The molecule has 8 nitrogen and oxygen atoms in total. The number of nitrogens with one attached hydrogen (secondary N) is 1. The number of thioether (sulfide) groups is 1. The second-order valence-corrected chi connectivity index (χ2v) is 9.63. The van der Waals surface area contributed by atoms with E-state index < -0.39 is 0 Å². The summed E-state index contributed by atoms with van der Waals surface area (Å²) >= 11 is 1.20. The van der Waals surface area contributed by atoms with Crippen LogP contribution in [0.4, 0.5) is 0 Å². The van der Waals surface area contributed by atoms with E-state index in [1.807, 2.05) is 31.2 Å². The van der Waals surface area contributed by atoms with Crippen LogP contribution < -0.4 is 15.6 Å². The van der Waals surface area contributed by atoms with Gasteiger partial charge >= 0.3 is 0 Å². The van der Waals surface area contributed by atoms with Crippen LogP contribution in [0.5, 0.6) is 5.75 Å². The molecule has 1 heterocycles. The number of aromatic nitrogens is 2. The molecule has 3 aromatic carbocycles. The minimum absolute atomic E-state index is 0.0926.